The van der Waals surface area contributed by atoms with Gasteiger partial charge in [-0.2, -0.15) is 0 Å². The number of rotatable bonds is 4. The lowest BCUT2D eigenvalue weighted by atomic mass is 9.93. The van der Waals surface area contributed by atoms with Gasteiger partial charge in [-0.25, -0.2) is 0 Å². The van der Waals surface area contributed by atoms with Gasteiger partial charge in [-0.05, 0) is 43.0 Å². The summed E-state index contributed by atoms with van der Waals surface area (Å²) < 4.78 is 0. The molecule has 0 bridgehead atoms. The molecule has 0 aliphatic heterocycles. The summed E-state index contributed by atoms with van der Waals surface area (Å²) in [5.41, 5.74) is 0.689. The topological polar surface area (TPSA) is 56.7 Å². The molecule has 0 spiro atoms. The Morgan fingerprint density at radius 2 is 1.95 bits per heavy atom. The van der Waals surface area contributed by atoms with Crippen molar-refractivity contribution >= 4 is 53.1 Å². The van der Waals surface area contributed by atoms with Gasteiger partial charge in [0.1, 0.15) is 0 Å². The first-order valence-electron chi connectivity index (χ1n) is 6.69. The highest BCUT2D eigenvalue weighted by molar-refractivity contribution is 14.0. The van der Waals surface area contributed by atoms with Crippen LogP contribution in [0.2, 0.25) is 10.0 Å². The minimum Gasteiger partial charge on any atom is -0.387 e. The lowest BCUT2D eigenvalue weighted by molar-refractivity contribution is 0.180. The fourth-order valence-electron chi connectivity index (χ4n) is 2.02. The Bertz CT molecular complexity index is 475. The number of hydrogen-bond donors (Lipinski definition) is 3. The van der Waals surface area contributed by atoms with Crippen molar-refractivity contribution < 1.29 is 5.11 Å². The molecule has 4 nitrogen and oxygen atoms in total. The summed E-state index contributed by atoms with van der Waals surface area (Å²) >= 11 is 11.9. The van der Waals surface area contributed by atoms with Crippen LogP contribution < -0.4 is 10.6 Å². The Kier molecular flexibility index (Phi) is 8.08. The van der Waals surface area contributed by atoms with E-state index in [9.17, 15) is 5.11 Å². The van der Waals surface area contributed by atoms with E-state index < -0.39 is 6.10 Å². The van der Waals surface area contributed by atoms with Crippen LogP contribution in [0, 0.1) is 0 Å². The summed E-state index contributed by atoms with van der Waals surface area (Å²) in [6.07, 6.45) is 2.92. The number of aliphatic hydroxyl groups excluding tert-OH is 1. The maximum atomic E-state index is 10.2. The van der Waals surface area contributed by atoms with Gasteiger partial charge in [0.25, 0.3) is 0 Å². The van der Waals surface area contributed by atoms with E-state index in [1.165, 1.54) is 19.3 Å². The first-order chi connectivity index (χ1) is 9.58. The number of aliphatic imine (C=N–C) groups is 1. The second-order valence-corrected chi connectivity index (χ2v) is 5.82. The molecule has 1 aliphatic carbocycles. The molecule has 7 heteroatoms. The summed E-state index contributed by atoms with van der Waals surface area (Å²) in [7, 11) is 1.72. The zero-order valence-electron chi connectivity index (χ0n) is 11.8. The average molecular weight is 444 g/mol. The standard InChI is InChI=1S/C14H19Cl2N3O.HI/c1-17-14(19-12-3-2-4-12)18-8-13(20)9-5-10(15)7-11(16)6-9;/h5-7,12-13,20H,2-4,8H2,1H3,(H2,17,18,19);1H. The molecule has 1 saturated carbocycles. The SMILES string of the molecule is CN=C(NCC(O)c1cc(Cl)cc(Cl)c1)NC1CCC1.I. The Balaban J connectivity index is 0.00000220. The van der Waals surface area contributed by atoms with Crippen molar-refractivity contribution in [2.75, 3.05) is 13.6 Å². The predicted molar refractivity (Wildman–Crippen MR) is 99.0 cm³/mol. The first-order valence-corrected chi connectivity index (χ1v) is 7.45. The molecule has 0 saturated heterocycles. The van der Waals surface area contributed by atoms with E-state index >= 15 is 0 Å². The van der Waals surface area contributed by atoms with Gasteiger partial charge < -0.3 is 15.7 Å². The smallest absolute Gasteiger partial charge is 0.191 e. The minimum atomic E-state index is -0.689. The molecule has 1 aromatic carbocycles. The summed E-state index contributed by atoms with van der Waals surface area (Å²) in [4.78, 5) is 4.14. The third-order valence-electron chi connectivity index (χ3n) is 3.40. The van der Waals surface area contributed by atoms with Gasteiger partial charge in [0.2, 0.25) is 0 Å². The third kappa shape index (κ3) is 5.81. The second kappa shape index (κ2) is 9.02. The number of halogens is 3. The second-order valence-electron chi connectivity index (χ2n) is 4.94. The molecular formula is C14H20Cl2IN3O. The molecule has 1 fully saturated rings. The van der Waals surface area contributed by atoms with E-state index in [2.05, 4.69) is 15.6 Å². The van der Waals surface area contributed by atoms with Crippen molar-refractivity contribution in [3.63, 3.8) is 0 Å². The number of benzene rings is 1. The predicted octanol–water partition coefficient (Wildman–Crippen LogP) is 3.36. The Labute approximate surface area is 152 Å². The number of nitrogens with one attached hydrogen (secondary N) is 2. The first kappa shape index (κ1) is 18.8. The normalized spacial score (nSPS) is 16.7. The minimum absolute atomic E-state index is 0. The highest BCUT2D eigenvalue weighted by Gasteiger charge is 2.18. The van der Waals surface area contributed by atoms with Gasteiger partial charge in [0, 0.05) is 29.7 Å². The van der Waals surface area contributed by atoms with Gasteiger partial charge in [0.05, 0.1) is 6.10 Å². The van der Waals surface area contributed by atoms with E-state index in [0.717, 1.165) is 0 Å². The molecule has 0 amide bonds. The fourth-order valence-corrected chi connectivity index (χ4v) is 2.56. The van der Waals surface area contributed by atoms with Crippen LogP contribution in [0.3, 0.4) is 0 Å². The molecule has 1 unspecified atom stereocenters. The molecule has 0 radical (unpaired) electrons. The van der Waals surface area contributed by atoms with Crippen molar-refractivity contribution in [1.82, 2.24) is 10.6 Å². The monoisotopic (exact) mass is 443 g/mol. The van der Waals surface area contributed by atoms with Crippen LogP contribution in [0.25, 0.3) is 0 Å². The maximum Gasteiger partial charge on any atom is 0.191 e. The van der Waals surface area contributed by atoms with Crippen LogP contribution in [0.1, 0.15) is 30.9 Å². The largest absolute Gasteiger partial charge is 0.387 e. The highest BCUT2D eigenvalue weighted by atomic mass is 127. The summed E-state index contributed by atoms with van der Waals surface area (Å²) in [6, 6.07) is 5.56. The molecule has 0 aromatic heterocycles. The van der Waals surface area contributed by atoms with Crippen molar-refractivity contribution in [1.29, 1.82) is 0 Å². The lowest BCUT2D eigenvalue weighted by Crippen LogP contribution is -2.47. The molecule has 1 aromatic rings. The van der Waals surface area contributed by atoms with Crippen LogP contribution in [0.5, 0.6) is 0 Å². The van der Waals surface area contributed by atoms with E-state index in [4.69, 9.17) is 23.2 Å². The molecule has 118 valence electrons. The van der Waals surface area contributed by atoms with Gasteiger partial charge >= 0.3 is 0 Å². The number of guanidine groups is 1. The van der Waals surface area contributed by atoms with E-state index in [-0.39, 0.29) is 24.0 Å². The third-order valence-corrected chi connectivity index (χ3v) is 3.84. The number of hydrogen-bond acceptors (Lipinski definition) is 2. The summed E-state index contributed by atoms with van der Waals surface area (Å²) in [6.45, 7) is 0.350. The molecule has 1 atom stereocenters. The van der Waals surface area contributed by atoms with Crippen LogP contribution in [0.15, 0.2) is 23.2 Å². The zero-order valence-corrected chi connectivity index (χ0v) is 15.6. The summed E-state index contributed by atoms with van der Waals surface area (Å²) in [5.74, 6) is 0.710. The Morgan fingerprint density at radius 1 is 1.33 bits per heavy atom. The molecule has 2 rings (SSSR count). The average Bonchev–Trinajstić information content (AvgIpc) is 2.35. The zero-order chi connectivity index (χ0) is 14.5. The van der Waals surface area contributed by atoms with Gasteiger partial charge in [0.15, 0.2) is 5.96 Å². The van der Waals surface area contributed by atoms with Crippen molar-refractivity contribution in [3.05, 3.63) is 33.8 Å². The van der Waals surface area contributed by atoms with Crippen molar-refractivity contribution in [2.45, 2.75) is 31.4 Å². The van der Waals surface area contributed by atoms with Gasteiger partial charge in [-0.3, -0.25) is 4.99 Å². The molecular weight excluding hydrogens is 424 g/mol. The molecule has 3 N–H and O–H groups in total. The van der Waals surface area contributed by atoms with Crippen LogP contribution in [-0.2, 0) is 0 Å². The van der Waals surface area contributed by atoms with Crippen LogP contribution in [0.4, 0.5) is 0 Å². The highest BCUT2D eigenvalue weighted by Crippen LogP contribution is 2.23. The van der Waals surface area contributed by atoms with E-state index in [0.29, 0.717) is 34.2 Å². The van der Waals surface area contributed by atoms with Gasteiger partial charge in [-0.15, -0.1) is 24.0 Å². The molecule has 1 aliphatic rings. The Hall–Kier alpha value is -0.240. The Morgan fingerprint density at radius 3 is 2.43 bits per heavy atom. The summed E-state index contributed by atoms with van der Waals surface area (Å²) in [5, 5.41) is 17.6. The van der Waals surface area contributed by atoms with Crippen LogP contribution >= 0.6 is 47.2 Å². The fraction of sp³-hybridized carbons (Fsp3) is 0.500. The molecule has 21 heavy (non-hydrogen) atoms. The maximum absolute atomic E-state index is 10.2. The van der Waals surface area contributed by atoms with Crippen molar-refractivity contribution in [3.8, 4) is 0 Å². The number of nitrogens with zero attached hydrogens (tertiary/aromatic N) is 1. The molecule has 0 heterocycles. The van der Waals surface area contributed by atoms with Gasteiger partial charge in [-0.1, -0.05) is 23.2 Å². The number of aliphatic hydroxyl groups is 1. The van der Waals surface area contributed by atoms with Crippen LogP contribution in [-0.4, -0.2) is 30.7 Å². The lowest BCUT2D eigenvalue weighted by Gasteiger charge is -2.28. The van der Waals surface area contributed by atoms with Crippen molar-refractivity contribution in [2.24, 2.45) is 4.99 Å². The van der Waals surface area contributed by atoms with E-state index in [1.807, 2.05) is 0 Å². The quantitative estimate of drug-likeness (QED) is 0.380. The van der Waals surface area contributed by atoms with E-state index in [1.54, 1.807) is 25.2 Å².